The Balaban J connectivity index is 2.16. The van der Waals surface area contributed by atoms with E-state index < -0.39 is 0 Å². The largest absolute Gasteiger partial charge is 0.309 e. The number of thioether (sulfide) groups is 1. The Morgan fingerprint density at radius 3 is 2.62 bits per heavy atom. The fourth-order valence-electron chi connectivity index (χ4n) is 2.03. The van der Waals surface area contributed by atoms with E-state index in [0.29, 0.717) is 20.7 Å². The molecule has 1 N–H and O–H groups in total. The molecule has 0 radical (unpaired) electrons. The quantitative estimate of drug-likeness (QED) is 0.687. The average molecular weight is 344 g/mol. The summed E-state index contributed by atoms with van der Waals surface area (Å²) in [4.78, 5) is 0.638. The Labute approximate surface area is 138 Å². The fourth-order valence-corrected chi connectivity index (χ4v) is 3.49. The van der Waals surface area contributed by atoms with Crippen LogP contribution >= 0.6 is 35.0 Å². The molecule has 0 heterocycles. The molecule has 112 valence electrons. The van der Waals surface area contributed by atoms with Crippen molar-refractivity contribution in [3.8, 4) is 0 Å². The van der Waals surface area contributed by atoms with E-state index in [9.17, 15) is 4.39 Å². The first-order chi connectivity index (χ1) is 10.1. The van der Waals surface area contributed by atoms with Crippen molar-refractivity contribution in [2.45, 2.75) is 17.9 Å². The van der Waals surface area contributed by atoms with E-state index in [2.05, 4.69) is 5.32 Å². The maximum Gasteiger partial charge on any atom is 0.136 e. The number of rotatable bonds is 6. The highest BCUT2D eigenvalue weighted by molar-refractivity contribution is 7.99. The van der Waals surface area contributed by atoms with Crippen molar-refractivity contribution in [3.05, 3.63) is 63.9 Å². The van der Waals surface area contributed by atoms with Gasteiger partial charge in [-0.15, -0.1) is 11.8 Å². The molecule has 0 saturated heterocycles. The van der Waals surface area contributed by atoms with Gasteiger partial charge in [0.1, 0.15) is 5.82 Å². The van der Waals surface area contributed by atoms with Gasteiger partial charge in [0.05, 0.1) is 10.0 Å². The molecule has 1 atom stereocenters. The highest BCUT2D eigenvalue weighted by Gasteiger charge is 2.16. The van der Waals surface area contributed by atoms with Crippen molar-refractivity contribution in [2.75, 3.05) is 12.3 Å². The zero-order valence-corrected chi connectivity index (χ0v) is 13.9. The highest BCUT2D eigenvalue weighted by Crippen LogP contribution is 2.33. The lowest BCUT2D eigenvalue weighted by atomic mass is 10.1. The monoisotopic (exact) mass is 343 g/mol. The summed E-state index contributed by atoms with van der Waals surface area (Å²) < 4.78 is 13.7. The van der Waals surface area contributed by atoms with E-state index in [1.807, 2.05) is 25.1 Å². The highest BCUT2D eigenvalue weighted by atomic mass is 35.5. The molecule has 0 bridgehead atoms. The van der Waals surface area contributed by atoms with E-state index in [1.54, 1.807) is 18.2 Å². The van der Waals surface area contributed by atoms with Crippen LogP contribution in [0.5, 0.6) is 0 Å². The summed E-state index contributed by atoms with van der Waals surface area (Å²) >= 11 is 13.8. The van der Waals surface area contributed by atoms with Crippen LogP contribution in [0.25, 0.3) is 0 Å². The molecule has 1 nitrogen and oxygen atoms in total. The minimum Gasteiger partial charge on any atom is -0.309 e. The third-order valence-electron chi connectivity index (χ3n) is 3.05. The number of hydrogen-bond donors (Lipinski definition) is 1. The van der Waals surface area contributed by atoms with Gasteiger partial charge in [-0.1, -0.05) is 54.4 Å². The Bertz CT molecular complexity index is 607. The second-order valence-corrected chi connectivity index (χ2v) is 6.34. The molecule has 0 aromatic heterocycles. The van der Waals surface area contributed by atoms with Crippen LogP contribution < -0.4 is 5.32 Å². The third kappa shape index (κ3) is 4.36. The summed E-state index contributed by atoms with van der Waals surface area (Å²) in [6.07, 6.45) is 0. The molecule has 0 aliphatic heterocycles. The maximum absolute atomic E-state index is 13.7. The first-order valence-corrected chi connectivity index (χ1v) is 8.42. The third-order valence-corrected chi connectivity index (χ3v) is 5.03. The van der Waals surface area contributed by atoms with Gasteiger partial charge in [-0.25, -0.2) is 4.39 Å². The molecular weight excluding hydrogens is 328 g/mol. The van der Waals surface area contributed by atoms with Gasteiger partial charge in [-0.2, -0.15) is 0 Å². The van der Waals surface area contributed by atoms with E-state index in [4.69, 9.17) is 23.2 Å². The van der Waals surface area contributed by atoms with Crippen LogP contribution in [0.15, 0.2) is 47.4 Å². The lowest BCUT2D eigenvalue weighted by molar-refractivity contribution is 0.595. The van der Waals surface area contributed by atoms with Gasteiger partial charge in [0.25, 0.3) is 0 Å². The molecule has 5 heteroatoms. The lowest BCUT2D eigenvalue weighted by Gasteiger charge is -2.20. The smallest absolute Gasteiger partial charge is 0.136 e. The van der Waals surface area contributed by atoms with Crippen LogP contribution in [0.3, 0.4) is 0 Å². The first-order valence-electron chi connectivity index (χ1n) is 6.68. The molecule has 2 rings (SSSR count). The standard InChI is InChI=1S/C16H16Cl2FNS/c1-2-20-14(11-6-5-7-12(17)16(11)18)10-21-15-9-4-3-8-13(15)19/h3-9,14,20H,2,10H2,1H3. The normalized spacial score (nSPS) is 12.4. The predicted molar refractivity (Wildman–Crippen MR) is 90.0 cm³/mol. The van der Waals surface area contributed by atoms with Crippen LogP contribution in [0.1, 0.15) is 18.5 Å². The lowest BCUT2D eigenvalue weighted by Crippen LogP contribution is -2.23. The van der Waals surface area contributed by atoms with Gasteiger partial charge in [0, 0.05) is 16.7 Å². The minimum atomic E-state index is -0.199. The summed E-state index contributed by atoms with van der Waals surface area (Å²) in [7, 11) is 0. The summed E-state index contributed by atoms with van der Waals surface area (Å²) in [5.74, 6) is 0.476. The second-order valence-electron chi connectivity index (χ2n) is 4.49. The molecule has 0 aliphatic carbocycles. The van der Waals surface area contributed by atoms with Gasteiger partial charge in [-0.05, 0) is 30.3 Å². The van der Waals surface area contributed by atoms with Crippen LogP contribution in [0, 0.1) is 5.82 Å². The Morgan fingerprint density at radius 1 is 1.14 bits per heavy atom. The van der Waals surface area contributed by atoms with E-state index in [-0.39, 0.29) is 11.9 Å². The summed E-state index contributed by atoms with van der Waals surface area (Å²) in [5, 5.41) is 4.46. The zero-order chi connectivity index (χ0) is 15.2. The second kappa shape index (κ2) is 8.04. The summed E-state index contributed by atoms with van der Waals surface area (Å²) in [5.41, 5.74) is 0.940. The molecule has 0 amide bonds. The molecule has 2 aromatic carbocycles. The topological polar surface area (TPSA) is 12.0 Å². The first kappa shape index (κ1) is 16.6. The Kier molecular flexibility index (Phi) is 6.37. The average Bonchev–Trinajstić information content (AvgIpc) is 2.48. The van der Waals surface area contributed by atoms with Gasteiger partial charge in [-0.3, -0.25) is 0 Å². The van der Waals surface area contributed by atoms with Gasteiger partial charge in [0.2, 0.25) is 0 Å². The van der Waals surface area contributed by atoms with E-state index in [1.165, 1.54) is 17.8 Å². The molecule has 0 saturated carbocycles. The summed E-state index contributed by atoms with van der Waals surface area (Å²) in [6.45, 7) is 2.82. The van der Waals surface area contributed by atoms with Crippen LogP contribution in [-0.2, 0) is 0 Å². The molecule has 0 aliphatic rings. The minimum absolute atomic E-state index is 0.0193. The van der Waals surface area contributed by atoms with Crippen molar-refractivity contribution in [1.82, 2.24) is 5.32 Å². The molecule has 0 spiro atoms. The Morgan fingerprint density at radius 2 is 1.90 bits per heavy atom. The number of halogens is 3. The van der Waals surface area contributed by atoms with Crippen molar-refractivity contribution in [1.29, 1.82) is 0 Å². The zero-order valence-electron chi connectivity index (χ0n) is 11.6. The van der Waals surface area contributed by atoms with Crippen molar-refractivity contribution >= 4 is 35.0 Å². The van der Waals surface area contributed by atoms with Gasteiger partial charge < -0.3 is 5.32 Å². The van der Waals surface area contributed by atoms with E-state index >= 15 is 0 Å². The van der Waals surface area contributed by atoms with Crippen LogP contribution in [-0.4, -0.2) is 12.3 Å². The Hall–Kier alpha value is -0.740. The fraction of sp³-hybridized carbons (Fsp3) is 0.250. The van der Waals surface area contributed by atoms with Gasteiger partial charge in [0.15, 0.2) is 0 Å². The summed E-state index contributed by atoms with van der Waals surface area (Å²) in [6, 6.07) is 12.4. The number of benzene rings is 2. The molecule has 2 aromatic rings. The van der Waals surface area contributed by atoms with Crippen molar-refractivity contribution in [2.24, 2.45) is 0 Å². The number of hydrogen-bond acceptors (Lipinski definition) is 2. The van der Waals surface area contributed by atoms with E-state index in [0.717, 1.165) is 12.1 Å². The van der Waals surface area contributed by atoms with Crippen molar-refractivity contribution < 1.29 is 4.39 Å². The molecule has 1 unspecified atom stereocenters. The van der Waals surface area contributed by atoms with Gasteiger partial charge >= 0.3 is 0 Å². The number of nitrogens with one attached hydrogen (secondary N) is 1. The molecule has 21 heavy (non-hydrogen) atoms. The van der Waals surface area contributed by atoms with Crippen LogP contribution in [0.4, 0.5) is 4.39 Å². The maximum atomic E-state index is 13.7. The molecule has 0 fully saturated rings. The van der Waals surface area contributed by atoms with Crippen molar-refractivity contribution in [3.63, 3.8) is 0 Å². The predicted octanol–water partition coefficient (Wildman–Crippen LogP) is 5.58. The van der Waals surface area contributed by atoms with Crippen LogP contribution in [0.2, 0.25) is 10.0 Å². The SMILES string of the molecule is CCNC(CSc1ccccc1F)c1cccc(Cl)c1Cl. The molecular formula is C16H16Cl2FNS.